The van der Waals surface area contributed by atoms with E-state index in [2.05, 4.69) is 44.7 Å². The first-order valence-electron chi connectivity index (χ1n) is 8.66. The molecule has 7 nitrogen and oxygen atoms in total. The lowest BCUT2D eigenvalue weighted by Gasteiger charge is -2.03. The smallest absolute Gasteiger partial charge is 0.236 e. The maximum absolute atomic E-state index is 5.37. The average Bonchev–Trinajstić information content (AvgIpc) is 3.39. The second-order valence-corrected chi connectivity index (χ2v) is 6.88. The molecule has 2 aromatic heterocycles. The highest BCUT2D eigenvalue weighted by molar-refractivity contribution is 7.97. The third-order valence-corrected chi connectivity index (χ3v) is 4.99. The lowest BCUT2D eigenvalue weighted by molar-refractivity contribution is 0.391. The van der Waals surface area contributed by atoms with Crippen molar-refractivity contribution < 1.29 is 4.52 Å². The van der Waals surface area contributed by atoms with E-state index in [9.17, 15) is 0 Å². The molecule has 2 aromatic carbocycles. The summed E-state index contributed by atoms with van der Waals surface area (Å²) in [6.07, 6.45) is 1.01. The van der Waals surface area contributed by atoms with Crippen LogP contribution in [0.1, 0.15) is 24.2 Å². The van der Waals surface area contributed by atoms with Crippen LogP contribution < -0.4 is 0 Å². The van der Waals surface area contributed by atoms with Crippen LogP contribution in [0.15, 0.2) is 59.1 Å². The Hall–Kier alpha value is -3.00. The highest BCUT2D eigenvalue weighted by Crippen LogP contribution is 2.21. The Kier molecular flexibility index (Phi) is 5.24. The number of nitrogens with zero attached hydrogens (tertiary/aromatic N) is 6. The van der Waals surface area contributed by atoms with Gasteiger partial charge in [-0.05, 0) is 34.5 Å². The van der Waals surface area contributed by atoms with Gasteiger partial charge in [0.25, 0.3) is 0 Å². The van der Waals surface area contributed by atoms with Gasteiger partial charge in [-0.15, -0.1) is 16.9 Å². The molecule has 0 atom stereocenters. The van der Waals surface area contributed by atoms with E-state index >= 15 is 0 Å². The van der Waals surface area contributed by atoms with Crippen LogP contribution in [-0.4, -0.2) is 30.3 Å². The van der Waals surface area contributed by atoms with E-state index in [0.29, 0.717) is 23.2 Å². The zero-order valence-corrected chi connectivity index (χ0v) is 15.6. The molecule has 0 aliphatic rings. The molecule has 0 spiro atoms. The number of benzene rings is 2. The van der Waals surface area contributed by atoms with Gasteiger partial charge in [0.05, 0.1) is 17.2 Å². The quantitative estimate of drug-likeness (QED) is 0.485. The van der Waals surface area contributed by atoms with E-state index in [1.54, 1.807) is 16.4 Å². The number of aromatic nitrogens is 6. The number of hydrogen-bond acceptors (Lipinski definition) is 7. The van der Waals surface area contributed by atoms with Crippen LogP contribution >= 0.6 is 11.8 Å². The highest BCUT2D eigenvalue weighted by Gasteiger charge is 2.11. The molecule has 136 valence electrons. The largest absolute Gasteiger partial charge is 0.338 e. The summed E-state index contributed by atoms with van der Waals surface area (Å²) in [5.74, 6) is 3.23. The van der Waals surface area contributed by atoms with E-state index in [1.165, 1.54) is 5.56 Å². The van der Waals surface area contributed by atoms with Gasteiger partial charge >= 0.3 is 0 Å². The van der Waals surface area contributed by atoms with Crippen molar-refractivity contribution in [2.45, 2.75) is 24.9 Å². The predicted octanol–water partition coefficient (Wildman–Crippen LogP) is 3.71. The number of thioether (sulfide) groups is 1. The summed E-state index contributed by atoms with van der Waals surface area (Å²) in [7, 11) is 0. The molecule has 2 heterocycles. The van der Waals surface area contributed by atoms with Crippen molar-refractivity contribution in [1.82, 2.24) is 30.3 Å². The molecule has 4 aromatic rings. The number of aryl methyl sites for hydroxylation is 1. The molecule has 27 heavy (non-hydrogen) atoms. The standard InChI is InChI=1S/C19H18N6OS/c1-2-14-8-10-15(11-9-14)19-20-18(26-22-19)13-27-12-17-21-23-24-25(17)16-6-4-3-5-7-16/h3-11H,2,12-13H2,1H3. The summed E-state index contributed by atoms with van der Waals surface area (Å²) >= 11 is 1.63. The summed E-state index contributed by atoms with van der Waals surface area (Å²) in [5, 5.41) is 16.0. The number of para-hydroxylation sites is 1. The molecule has 0 saturated carbocycles. The molecule has 0 bridgehead atoms. The van der Waals surface area contributed by atoms with Gasteiger partial charge in [-0.3, -0.25) is 0 Å². The minimum atomic E-state index is 0.591. The maximum atomic E-state index is 5.37. The topological polar surface area (TPSA) is 82.5 Å². The molecule has 0 saturated heterocycles. The van der Waals surface area contributed by atoms with E-state index in [-0.39, 0.29) is 0 Å². The second kappa shape index (κ2) is 8.13. The summed E-state index contributed by atoms with van der Waals surface area (Å²) in [6, 6.07) is 18.0. The maximum Gasteiger partial charge on any atom is 0.236 e. The molecule has 0 amide bonds. The van der Waals surface area contributed by atoms with E-state index in [4.69, 9.17) is 4.52 Å². The summed E-state index contributed by atoms with van der Waals surface area (Å²) < 4.78 is 7.11. The van der Waals surface area contributed by atoms with Crippen molar-refractivity contribution in [2.24, 2.45) is 0 Å². The molecule has 8 heteroatoms. The second-order valence-electron chi connectivity index (χ2n) is 5.90. The minimum Gasteiger partial charge on any atom is -0.338 e. The average molecular weight is 378 g/mol. The normalized spacial score (nSPS) is 11.0. The first-order valence-corrected chi connectivity index (χ1v) is 9.81. The summed E-state index contributed by atoms with van der Waals surface area (Å²) in [6.45, 7) is 2.13. The van der Waals surface area contributed by atoms with Gasteiger partial charge in [0, 0.05) is 5.56 Å². The first-order chi connectivity index (χ1) is 13.3. The lowest BCUT2D eigenvalue weighted by atomic mass is 10.1. The molecular formula is C19H18N6OS. The van der Waals surface area contributed by atoms with Crippen molar-refractivity contribution in [3.63, 3.8) is 0 Å². The van der Waals surface area contributed by atoms with Gasteiger partial charge in [-0.25, -0.2) is 0 Å². The van der Waals surface area contributed by atoms with Crippen molar-refractivity contribution in [3.05, 3.63) is 71.9 Å². The SMILES string of the molecule is CCc1ccc(-c2noc(CSCc3nnnn3-c3ccccc3)n2)cc1. The van der Waals surface area contributed by atoms with Crippen LogP contribution in [0.3, 0.4) is 0 Å². The zero-order valence-electron chi connectivity index (χ0n) is 14.8. The highest BCUT2D eigenvalue weighted by atomic mass is 32.2. The molecular weight excluding hydrogens is 360 g/mol. The van der Waals surface area contributed by atoms with Crippen LogP contribution in [-0.2, 0) is 17.9 Å². The van der Waals surface area contributed by atoms with Gasteiger partial charge in [0.2, 0.25) is 11.7 Å². The van der Waals surface area contributed by atoms with E-state index < -0.39 is 0 Å². The minimum absolute atomic E-state index is 0.591. The molecule has 0 fully saturated rings. The molecule has 0 unspecified atom stereocenters. The van der Waals surface area contributed by atoms with Crippen molar-refractivity contribution >= 4 is 11.8 Å². The van der Waals surface area contributed by atoms with Crippen molar-refractivity contribution in [2.75, 3.05) is 0 Å². The molecule has 0 radical (unpaired) electrons. The fourth-order valence-electron chi connectivity index (χ4n) is 2.62. The molecule has 0 N–H and O–H groups in total. The Labute approximate surface area is 160 Å². The van der Waals surface area contributed by atoms with Crippen molar-refractivity contribution in [3.8, 4) is 17.1 Å². The third-order valence-electron chi connectivity index (χ3n) is 4.08. The Balaban J connectivity index is 1.38. The van der Waals surface area contributed by atoms with Gasteiger partial charge in [-0.2, -0.15) is 9.67 Å². The van der Waals surface area contributed by atoms with Gasteiger partial charge < -0.3 is 4.52 Å². The summed E-state index contributed by atoms with van der Waals surface area (Å²) in [4.78, 5) is 4.48. The Morgan fingerprint density at radius 3 is 2.59 bits per heavy atom. The monoisotopic (exact) mass is 378 g/mol. The summed E-state index contributed by atoms with van der Waals surface area (Å²) in [5.41, 5.74) is 3.18. The van der Waals surface area contributed by atoms with E-state index in [1.807, 2.05) is 42.5 Å². The number of hydrogen-bond donors (Lipinski definition) is 0. The van der Waals surface area contributed by atoms with Crippen LogP contribution in [0.4, 0.5) is 0 Å². The Bertz CT molecular complexity index is 996. The number of tetrazole rings is 1. The van der Waals surface area contributed by atoms with Gasteiger partial charge in [0.15, 0.2) is 5.82 Å². The van der Waals surface area contributed by atoms with Gasteiger partial charge in [0.1, 0.15) is 0 Å². The zero-order chi connectivity index (χ0) is 18.5. The molecule has 0 aliphatic heterocycles. The molecule has 0 aliphatic carbocycles. The molecule has 4 rings (SSSR count). The lowest BCUT2D eigenvalue weighted by Crippen LogP contribution is -2.02. The predicted molar refractivity (Wildman–Crippen MR) is 103 cm³/mol. The fraction of sp³-hybridized carbons (Fsp3) is 0.211. The number of rotatable bonds is 7. The van der Waals surface area contributed by atoms with E-state index in [0.717, 1.165) is 23.5 Å². The Morgan fingerprint density at radius 1 is 1.00 bits per heavy atom. The van der Waals surface area contributed by atoms with Gasteiger partial charge in [-0.1, -0.05) is 54.5 Å². The fourth-order valence-corrected chi connectivity index (χ4v) is 3.37. The first kappa shape index (κ1) is 17.4. The third kappa shape index (κ3) is 4.06. The van der Waals surface area contributed by atoms with Crippen LogP contribution in [0, 0.1) is 0 Å². The van der Waals surface area contributed by atoms with Crippen LogP contribution in [0.5, 0.6) is 0 Å². The Morgan fingerprint density at radius 2 is 1.81 bits per heavy atom. The van der Waals surface area contributed by atoms with Crippen LogP contribution in [0.2, 0.25) is 0 Å². The van der Waals surface area contributed by atoms with Crippen LogP contribution in [0.25, 0.3) is 17.1 Å². The van der Waals surface area contributed by atoms with Crippen molar-refractivity contribution in [1.29, 1.82) is 0 Å².